The summed E-state index contributed by atoms with van der Waals surface area (Å²) in [5.74, 6) is 0.671. The van der Waals surface area contributed by atoms with Crippen LogP contribution in [-0.2, 0) is 16.4 Å². The number of anilines is 1. The molecule has 8 heteroatoms. The standard InChI is InChI=1S/C24H24N2O4S2/c1-4-32(28,29)19-12-10-17(11-13-19)23(27)26(15-18-7-6-14-30-18)24-25-22-20(16(2)3)8-5-9-21(22)31-24/h5-14,16H,4,15H2,1-3H3. The van der Waals surface area contributed by atoms with Crippen molar-refractivity contribution in [2.75, 3.05) is 10.7 Å². The van der Waals surface area contributed by atoms with E-state index < -0.39 is 9.84 Å². The van der Waals surface area contributed by atoms with E-state index >= 15 is 0 Å². The third-order valence-corrected chi connectivity index (χ3v) is 8.07. The molecule has 0 spiro atoms. The van der Waals surface area contributed by atoms with Crippen molar-refractivity contribution in [3.63, 3.8) is 0 Å². The van der Waals surface area contributed by atoms with Gasteiger partial charge in [-0.25, -0.2) is 13.4 Å². The van der Waals surface area contributed by atoms with Gasteiger partial charge in [0.2, 0.25) is 0 Å². The second kappa shape index (κ2) is 8.88. The Morgan fingerprint density at radius 3 is 2.47 bits per heavy atom. The first-order chi connectivity index (χ1) is 15.3. The zero-order valence-electron chi connectivity index (χ0n) is 18.1. The van der Waals surface area contributed by atoms with E-state index in [1.54, 1.807) is 36.3 Å². The molecule has 2 heterocycles. The molecule has 0 saturated carbocycles. The van der Waals surface area contributed by atoms with Gasteiger partial charge < -0.3 is 4.42 Å². The molecule has 4 rings (SSSR count). The van der Waals surface area contributed by atoms with Gasteiger partial charge in [0.05, 0.1) is 33.7 Å². The number of para-hydroxylation sites is 1. The lowest BCUT2D eigenvalue weighted by Gasteiger charge is -2.19. The van der Waals surface area contributed by atoms with Gasteiger partial charge in [0.15, 0.2) is 15.0 Å². The van der Waals surface area contributed by atoms with Crippen molar-refractivity contribution in [2.45, 2.75) is 38.1 Å². The number of sulfone groups is 1. The van der Waals surface area contributed by atoms with Crippen molar-refractivity contribution in [2.24, 2.45) is 0 Å². The quantitative estimate of drug-likeness (QED) is 0.350. The van der Waals surface area contributed by atoms with Crippen LogP contribution in [0.2, 0.25) is 0 Å². The highest BCUT2D eigenvalue weighted by atomic mass is 32.2. The third-order valence-electron chi connectivity index (χ3n) is 5.27. The van der Waals surface area contributed by atoms with Crippen LogP contribution in [0.25, 0.3) is 10.2 Å². The van der Waals surface area contributed by atoms with Gasteiger partial charge in [-0.15, -0.1) is 0 Å². The molecule has 0 saturated heterocycles. The molecule has 0 fully saturated rings. The molecule has 0 aliphatic carbocycles. The molecule has 0 atom stereocenters. The number of fused-ring (bicyclic) bond motifs is 1. The summed E-state index contributed by atoms with van der Waals surface area (Å²) in [7, 11) is -3.33. The zero-order chi connectivity index (χ0) is 22.9. The predicted octanol–water partition coefficient (Wildman–Crippen LogP) is 5.65. The molecule has 6 nitrogen and oxygen atoms in total. The fraction of sp³-hybridized carbons (Fsp3) is 0.250. The maximum absolute atomic E-state index is 13.5. The molecule has 166 valence electrons. The van der Waals surface area contributed by atoms with Gasteiger partial charge >= 0.3 is 0 Å². The van der Waals surface area contributed by atoms with Crippen molar-refractivity contribution < 1.29 is 17.6 Å². The minimum Gasteiger partial charge on any atom is -0.467 e. The second-order valence-corrected chi connectivity index (χ2v) is 11.0. The van der Waals surface area contributed by atoms with Gasteiger partial charge in [0.25, 0.3) is 5.91 Å². The van der Waals surface area contributed by atoms with Crippen molar-refractivity contribution in [3.05, 3.63) is 77.7 Å². The molecule has 0 bridgehead atoms. The van der Waals surface area contributed by atoms with Crippen LogP contribution in [0.4, 0.5) is 5.13 Å². The van der Waals surface area contributed by atoms with E-state index in [2.05, 4.69) is 19.9 Å². The van der Waals surface area contributed by atoms with Crippen LogP contribution in [0, 0.1) is 0 Å². The lowest BCUT2D eigenvalue weighted by atomic mass is 10.0. The Bertz CT molecular complexity index is 1340. The highest BCUT2D eigenvalue weighted by Gasteiger charge is 2.24. The largest absolute Gasteiger partial charge is 0.467 e. The molecule has 2 aromatic heterocycles. The molecule has 2 aromatic carbocycles. The van der Waals surface area contributed by atoms with Gasteiger partial charge in [0.1, 0.15) is 5.76 Å². The highest BCUT2D eigenvalue weighted by Crippen LogP contribution is 2.34. The third kappa shape index (κ3) is 4.33. The van der Waals surface area contributed by atoms with Gasteiger partial charge in [-0.1, -0.05) is 44.2 Å². The number of thiazole rings is 1. The summed E-state index contributed by atoms with van der Waals surface area (Å²) in [5.41, 5.74) is 2.41. The first-order valence-corrected chi connectivity index (χ1v) is 12.8. The van der Waals surface area contributed by atoms with E-state index in [1.807, 2.05) is 18.2 Å². The van der Waals surface area contributed by atoms with E-state index in [1.165, 1.54) is 23.5 Å². The normalized spacial score (nSPS) is 11.9. The maximum Gasteiger partial charge on any atom is 0.260 e. The van der Waals surface area contributed by atoms with Gasteiger partial charge in [-0.05, 0) is 53.9 Å². The Morgan fingerprint density at radius 1 is 1.09 bits per heavy atom. The topological polar surface area (TPSA) is 80.5 Å². The van der Waals surface area contributed by atoms with Crippen molar-refractivity contribution in [1.82, 2.24) is 4.98 Å². The van der Waals surface area contributed by atoms with E-state index in [4.69, 9.17) is 9.40 Å². The fourth-order valence-corrected chi connectivity index (χ4v) is 5.33. The van der Waals surface area contributed by atoms with Gasteiger partial charge in [-0.2, -0.15) is 0 Å². The molecule has 32 heavy (non-hydrogen) atoms. The molecule has 1 amide bonds. The van der Waals surface area contributed by atoms with Crippen molar-refractivity contribution in [3.8, 4) is 0 Å². The Balaban J connectivity index is 1.75. The smallest absolute Gasteiger partial charge is 0.260 e. The average Bonchev–Trinajstić information content (AvgIpc) is 3.46. The van der Waals surface area contributed by atoms with Gasteiger partial charge in [-0.3, -0.25) is 9.69 Å². The number of amides is 1. The Hall–Kier alpha value is -2.97. The lowest BCUT2D eigenvalue weighted by molar-refractivity contribution is 0.0983. The minimum atomic E-state index is -3.33. The number of benzene rings is 2. The number of hydrogen-bond acceptors (Lipinski definition) is 6. The molecule has 0 N–H and O–H groups in total. The Kier molecular flexibility index (Phi) is 6.17. The Labute approximate surface area is 191 Å². The molecule has 0 unspecified atom stereocenters. The summed E-state index contributed by atoms with van der Waals surface area (Å²) in [4.78, 5) is 20.1. The minimum absolute atomic E-state index is 0.00873. The first-order valence-electron chi connectivity index (χ1n) is 10.4. The van der Waals surface area contributed by atoms with E-state index in [0.717, 1.165) is 15.8 Å². The van der Waals surface area contributed by atoms with E-state index in [9.17, 15) is 13.2 Å². The number of aromatic nitrogens is 1. The average molecular weight is 469 g/mol. The summed E-state index contributed by atoms with van der Waals surface area (Å²) >= 11 is 1.45. The van der Waals surface area contributed by atoms with Crippen LogP contribution < -0.4 is 4.90 Å². The van der Waals surface area contributed by atoms with Crippen LogP contribution in [0.1, 0.15) is 48.4 Å². The summed E-state index contributed by atoms with van der Waals surface area (Å²) < 4.78 is 30.7. The number of hydrogen-bond donors (Lipinski definition) is 0. The number of carbonyl (C=O) groups is 1. The molecule has 0 radical (unpaired) electrons. The number of rotatable bonds is 7. The second-order valence-electron chi connectivity index (χ2n) is 7.74. The SMILES string of the molecule is CCS(=O)(=O)c1ccc(C(=O)N(Cc2ccco2)c2nc3c(C(C)C)cccc3s2)cc1. The van der Waals surface area contributed by atoms with Crippen LogP contribution in [0.3, 0.4) is 0 Å². The van der Waals surface area contributed by atoms with Crippen LogP contribution >= 0.6 is 11.3 Å². The van der Waals surface area contributed by atoms with E-state index in [-0.39, 0.29) is 23.1 Å². The first kappa shape index (κ1) is 22.2. The fourth-order valence-electron chi connectivity index (χ4n) is 3.45. The van der Waals surface area contributed by atoms with E-state index in [0.29, 0.717) is 22.4 Å². The van der Waals surface area contributed by atoms with Crippen LogP contribution in [0.5, 0.6) is 0 Å². The predicted molar refractivity (Wildman–Crippen MR) is 127 cm³/mol. The summed E-state index contributed by atoms with van der Waals surface area (Å²) in [6.45, 7) is 6.05. The van der Waals surface area contributed by atoms with Gasteiger partial charge in [0, 0.05) is 5.56 Å². The summed E-state index contributed by atoms with van der Waals surface area (Å²) in [6.07, 6.45) is 1.57. The maximum atomic E-state index is 13.5. The zero-order valence-corrected chi connectivity index (χ0v) is 19.7. The number of carbonyl (C=O) groups excluding carboxylic acids is 1. The summed E-state index contributed by atoms with van der Waals surface area (Å²) in [6, 6.07) is 15.7. The Morgan fingerprint density at radius 2 is 1.84 bits per heavy atom. The highest BCUT2D eigenvalue weighted by molar-refractivity contribution is 7.91. The summed E-state index contributed by atoms with van der Waals surface area (Å²) in [5, 5.41) is 0.569. The van der Waals surface area contributed by atoms with Crippen LogP contribution in [0.15, 0.2) is 70.2 Å². The van der Waals surface area contributed by atoms with Crippen molar-refractivity contribution >= 4 is 42.4 Å². The van der Waals surface area contributed by atoms with Crippen LogP contribution in [-0.4, -0.2) is 25.1 Å². The molecule has 0 aliphatic heterocycles. The molecular weight excluding hydrogens is 444 g/mol. The number of furan rings is 1. The van der Waals surface area contributed by atoms with Crippen molar-refractivity contribution in [1.29, 1.82) is 0 Å². The lowest BCUT2D eigenvalue weighted by Crippen LogP contribution is -2.30. The molecular formula is C24H24N2O4S2. The monoisotopic (exact) mass is 468 g/mol. The molecule has 4 aromatic rings. The molecule has 0 aliphatic rings. The number of nitrogens with zero attached hydrogens (tertiary/aromatic N) is 2.